The maximum atomic E-state index is 11.7. The molecule has 0 radical (unpaired) electrons. The molecule has 0 atom stereocenters. The second kappa shape index (κ2) is 6.01. The van der Waals surface area contributed by atoms with E-state index in [9.17, 15) is 4.79 Å². The summed E-state index contributed by atoms with van der Waals surface area (Å²) in [5.74, 6) is 0.664. The molecule has 2 N–H and O–H groups in total. The molecule has 104 valence electrons. The minimum absolute atomic E-state index is 0.387. The van der Waals surface area contributed by atoms with Crippen LogP contribution in [0.1, 0.15) is 17.0 Å². The SMILES string of the molecule is Cc1ccc(NC(=O)N/N=C/c2nccn2C)c(C)c1. The lowest BCUT2D eigenvalue weighted by molar-refractivity contribution is 0.252. The first-order chi connectivity index (χ1) is 9.56. The number of carbonyl (C=O) groups excluding carboxylic acids is 1. The van der Waals surface area contributed by atoms with Crippen LogP contribution in [0.2, 0.25) is 0 Å². The molecule has 0 saturated heterocycles. The number of nitrogens with one attached hydrogen (secondary N) is 2. The van der Waals surface area contributed by atoms with E-state index >= 15 is 0 Å². The minimum atomic E-state index is -0.387. The first kappa shape index (κ1) is 13.8. The van der Waals surface area contributed by atoms with E-state index in [2.05, 4.69) is 20.8 Å². The third kappa shape index (κ3) is 3.44. The van der Waals surface area contributed by atoms with E-state index in [0.29, 0.717) is 5.82 Å². The number of hydrogen-bond donors (Lipinski definition) is 2. The largest absolute Gasteiger partial charge is 0.339 e. The first-order valence-electron chi connectivity index (χ1n) is 6.21. The van der Waals surface area contributed by atoms with Crippen molar-refractivity contribution in [1.29, 1.82) is 0 Å². The molecule has 2 aromatic rings. The van der Waals surface area contributed by atoms with E-state index in [0.717, 1.165) is 16.8 Å². The molecule has 1 aromatic heterocycles. The van der Waals surface area contributed by atoms with Gasteiger partial charge < -0.3 is 9.88 Å². The number of hydrazone groups is 1. The Hall–Kier alpha value is -2.63. The lowest BCUT2D eigenvalue weighted by Gasteiger charge is -2.08. The molecule has 0 aliphatic heterocycles. The number of rotatable bonds is 3. The topological polar surface area (TPSA) is 71.3 Å². The van der Waals surface area contributed by atoms with E-state index in [1.807, 2.05) is 39.1 Å². The third-order valence-electron chi connectivity index (χ3n) is 2.83. The monoisotopic (exact) mass is 271 g/mol. The van der Waals surface area contributed by atoms with Crippen LogP contribution in [-0.4, -0.2) is 21.8 Å². The fourth-order valence-electron chi connectivity index (χ4n) is 1.75. The van der Waals surface area contributed by atoms with Crippen molar-refractivity contribution in [3.63, 3.8) is 0 Å². The number of urea groups is 1. The summed E-state index contributed by atoms with van der Waals surface area (Å²) in [4.78, 5) is 15.8. The van der Waals surface area contributed by atoms with Crippen molar-refractivity contribution in [3.8, 4) is 0 Å². The molecule has 0 unspecified atom stereocenters. The van der Waals surface area contributed by atoms with Gasteiger partial charge in [-0.2, -0.15) is 5.10 Å². The normalized spacial score (nSPS) is 10.8. The van der Waals surface area contributed by atoms with Crippen LogP contribution in [0, 0.1) is 13.8 Å². The van der Waals surface area contributed by atoms with Crippen molar-refractivity contribution >= 4 is 17.9 Å². The average Bonchev–Trinajstić information content (AvgIpc) is 2.79. The van der Waals surface area contributed by atoms with Crippen molar-refractivity contribution in [1.82, 2.24) is 15.0 Å². The van der Waals surface area contributed by atoms with Gasteiger partial charge in [0.05, 0.1) is 6.21 Å². The van der Waals surface area contributed by atoms with Crippen LogP contribution in [-0.2, 0) is 7.05 Å². The fraction of sp³-hybridized carbons (Fsp3) is 0.214. The molecule has 1 heterocycles. The van der Waals surface area contributed by atoms with Crippen LogP contribution in [0.4, 0.5) is 10.5 Å². The molecule has 0 spiro atoms. The average molecular weight is 271 g/mol. The van der Waals surface area contributed by atoms with Crippen LogP contribution < -0.4 is 10.7 Å². The van der Waals surface area contributed by atoms with Crippen molar-refractivity contribution < 1.29 is 4.79 Å². The molecule has 0 saturated carbocycles. The number of carbonyl (C=O) groups is 1. The number of hydrogen-bond acceptors (Lipinski definition) is 3. The van der Waals surface area contributed by atoms with Gasteiger partial charge in [0.2, 0.25) is 0 Å². The minimum Gasteiger partial charge on any atom is -0.333 e. The number of anilines is 1. The van der Waals surface area contributed by atoms with Gasteiger partial charge in [0.15, 0.2) is 5.82 Å². The van der Waals surface area contributed by atoms with Crippen LogP contribution in [0.5, 0.6) is 0 Å². The highest BCUT2D eigenvalue weighted by atomic mass is 16.2. The number of nitrogens with zero attached hydrogens (tertiary/aromatic N) is 3. The Labute approximate surface area is 117 Å². The molecule has 1 aromatic carbocycles. The maximum Gasteiger partial charge on any atom is 0.339 e. The number of amides is 2. The molecule has 0 bridgehead atoms. The Bertz CT molecular complexity index is 645. The summed E-state index contributed by atoms with van der Waals surface area (Å²) < 4.78 is 1.80. The fourth-order valence-corrected chi connectivity index (χ4v) is 1.75. The van der Waals surface area contributed by atoms with E-state index < -0.39 is 0 Å². The van der Waals surface area contributed by atoms with Crippen LogP contribution in [0.3, 0.4) is 0 Å². The molecule has 6 heteroatoms. The summed E-state index contributed by atoms with van der Waals surface area (Å²) in [6, 6.07) is 5.43. The number of aromatic nitrogens is 2. The Morgan fingerprint density at radius 2 is 2.20 bits per heavy atom. The number of benzene rings is 1. The molecule has 0 fully saturated rings. The van der Waals surface area contributed by atoms with Crippen molar-refractivity contribution in [2.24, 2.45) is 12.1 Å². The van der Waals surface area contributed by atoms with Crippen LogP contribution in [0.15, 0.2) is 35.7 Å². The highest BCUT2D eigenvalue weighted by molar-refractivity contribution is 5.90. The van der Waals surface area contributed by atoms with E-state index in [1.165, 1.54) is 6.21 Å². The molecular weight excluding hydrogens is 254 g/mol. The van der Waals surface area contributed by atoms with E-state index in [1.54, 1.807) is 17.0 Å². The first-order valence-corrected chi connectivity index (χ1v) is 6.21. The maximum absolute atomic E-state index is 11.7. The number of aryl methyl sites for hydroxylation is 3. The highest BCUT2D eigenvalue weighted by Gasteiger charge is 2.03. The lowest BCUT2D eigenvalue weighted by atomic mass is 10.1. The second-order valence-corrected chi connectivity index (χ2v) is 4.54. The van der Waals surface area contributed by atoms with Gasteiger partial charge in [-0.15, -0.1) is 0 Å². The van der Waals surface area contributed by atoms with Gasteiger partial charge in [0, 0.05) is 25.1 Å². The molecule has 0 aliphatic carbocycles. The lowest BCUT2D eigenvalue weighted by Crippen LogP contribution is -2.24. The van der Waals surface area contributed by atoms with E-state index in [4.69, 9.17) is 0 Å². The number of imidazole rings is 1. The smallest absolute Gasteiger partial charge is 0.333 e. The molecule has 0 aliphatic rings. The Balaban J connectivity index is 1.93. The van der Waals surface area contributed by atoms with Gasteiger partial charge in [-0.3, -0.25) is 0 Å². The predicted octanol–water partition coefficient (Wildman–Crippen LogP) is 2.19. The van der Waals surface area contributed by atoms with Crippen molar-refractivity contribution in [2.45, 2.75) is 13.8 Å². The third-order valence-corrected chi connectivity index (χ3v) is 2.83. The summed E-state index contributed by atoms with van der Waals surface area (Å²) in [6.07, 6.45) is 4.95. The molecular formula is C14H17N5O. The van der Waals surface area contributed by atoms with Gasteiger partial charge in [-0.05, 0) is 25.5 Å². The zero-order chi connectivity index (χ0) is 14.5. The Kier molecular flexibility index (Phi) is 4.14. The quantitative estimate of drug-likeness (QED) is 0.663. The van der Waals surface area contributed by atoms with Crippen LogP contribution in [0.25, 0.3) is 0 Å². The summed E-state index contributed by atoms with van der Waals surface area (Å²) in [6.45, 7) is 3.95. The summed E-state index contributed by atoms with van der Waals surface area (Å²) >= 11 is 0. The molecule has 2 amide bonds. The highest BCUT2D eigenvalue weighted by Crippen LogP contribution is 2.15. The van der Waals surface area contributed by atoms with Gasteiger partial charge in [0.25, 0.3) is 0 Å². The summed E-state index contributed by atoms with van der Waals surface area (Å²) in [5.41, 5.74) is 5.33. The zero-order valence-electron chi connectivity index (χ0n) is 11.7. The Morgan fingerprint density at radius 1 is 1.40 bits per heavy atom. The molecule has 20 heavy (non-hydrogen) atoms. The predicted molar refractivity (Wildman–Crippen MR) is 78.9 cm³/mol. The molecule has 6 nitrogen and oxygen atoms in total. The van der Waals surface area contributed by atoms with Gasteiger partial charge in [0.1, 0.15) is 0 Å². The standard InChI is InChI=1S/C14H17N5O/c1-10-4-5-12(11(2)8-10)17-14(20)18-16-9-13-15-6-7-19(13)3/h4-9H,1-3H3,(H2,17,18,20)/b16-9+. The van der Waals surface area contributed by atoms with Crippen molar-refractivity contribution in [2.75, 3.05) is 5.32 Å². The summed E-state index contributed by atoms with van der Waals surface area (Å²) in [7, 11) is 1.85. The van der Waals surface area contributed by atoms with Crippen molar-refractivity contribution in [3.05, 3.63) is 47.5 Å². The van der Waals surface area contributed by atoms with Gasteiger partial charge in [-0.1, -0.05) is 17.7 Å². The van der Waals surface area contributed by atoms with E-state index in [-0.39, 0.29) is 6.03 Å². The zero-order valence-corrected chi connectivity index (χ0v) is 11.7. The van der Waals surface area contributed by atoms with Gasteiger partial charge >= 0.3 is 6.03 Å². The Morgan fingerprint density at radius 3 is 2.85 bits per heavy atom. The summed E-state index contributed by atoms with van der Waals surface area (Å²) in [5, 5.41) is 6.59. The second-order valence-electron chi connectivity index (χ2n) is 4.54. The molecule has 2 rings (SSSR count). The van der Waals surface area contributed by atoms with Gasteiger partial charge in [-0.25, -0.2) is 15.2 Å². The van der Waals surface area contributed by atoms with Crippen LogP contribution >= 0.6 is 0 Å².